The number of aliphatic imine (C=N–C) groups is 1. The molecular formula is C32H42N4O7. The number of nitrogens with one attached hydrogen (secondary N) is 3. The van der Waals surface area contributed by atoms with Crippen molar-refractivity contribution in [1.29, 1.82) is 0 Å². The molecule has 43 heavy (non-hydrogen) atoms. The molecule has 0 bridgehead atoms. The monoisotopic (exact) mass is 594 g/mol. The van der Waals surface area contributed by atoms with Crippen LogP contribution in [0.3, 0.4) is 0 Å². The Balaban J connectivity index is 1.43. The first-order valence-corrected chi connectivity index (χ1v) is 14.3. The predicted octanol–water partition coefficient (Wildman–Crippen LogP) is 5.38. The summed E-state index contributed by atoms with van der Waals surface area (Å²) in [6.07, 6.45) is 3.55. The van der Waals surface area contributed by atoms with Crippen molar-refractivity contribution in [3.8, 4) is 11.5 Å². The maximum Gasteiger partial charge on any atom is 0.414 e. The highest BCUT2D eigenvalue weighted by molar-refractivity contribution is 6.01. The van der Waals surface area contributed by atoms with Gasteiger partial charge in [0.25, 0.3) is 0 Å². The molecule has 0 aromatic heterocycles. The first-order chi connectivity index (χ1) is 20.2. The Bertz CT molecular complexity index is 1310. The summed E-state index contributed by atoms with van der Waals surface area (Å²) in [7, 11) is 0. The van der Waals surface area contributed by atoms with Gasteiger partial charge >= 0.3 is 12.2 Å². The third-order valence-corrected chi connectivity index (χ3v) is 5.84. The molecule has 11 nitrogen and oxygen atoms in total. The van der Waals surface area contributed by atoms with E-state index in [0.29, 0.717) is 25.8 Å². The number of amides is 3. The van der Waals surface area contributed by atoms with Crippen molar-refractivity contribution in [2.24, 2.45) is 4.99 Å². The minimum absolute atomic E-state index is 0.0791. The molecule has 1 atom stereocenters. The van der Waals surface area contributed by atoms with E-state index in [-0.39, 0.29) is 30.3 Å². The number of carbonyl (C=O) groups is 3. The normalized spacial score (nSPS) is 14.3. The number of carbonyl (C=O) groups excluding carboxylic acids is 3. The molecule has 0 aliphatic carbocycles. The first kappa shape index (κ1) is 33.0. The minimum Gasteiger partial charge on any atom is -0.508 e. The van der Waals surface area contributed by atoms with Gasteiger partial charge in [-0.25, -0.2) is 9.59 Å². The van der Waals surface area contributed by atoms with Crippen LogP contribution in [0.25, 0.3) is 6.08 Å². The molecular weight excluding hydrogens is 552 g/mol. The molecule has 0 saturated carbocycles. The van der Waals surface area contributed by atoms with Gasteiger partial charge in [0, 0.05) is 25.6 Å². The second-order valence-corrected chi connectivity index (χ2v) is 12.1. The molecule has 11 heteroatoms. The van der Waals surface area contributed by atoms with Crippen LogP contribution in [-0.4, -0.2) is 53.5 Å². The van der Waals surface area contributed by atoms with Gasteiger partial charge in [0.05, 0.1) is 0 Å². The number of benzene rings is 2. The number of fused-ring (bicyclic) bond motifs is 1. The number of rotatable bonds is 8. The molecule has 1 aliphatic heterocycles. The van der Waals surface area contributed by atoms with Gasteiger partial charge in [0.2, 0.25) is 11.9 Å². The summed E-state index contributed by atoms with van der Waals surface area (Å²) >= 11 is 0. The topological polar surface area (TPSA) is 148 Å². The third kappa shape index (κ3) is 12.1. The Morgan fingerprint density at radius 1 is 0.953 bits per heavy atom. The van der Waals surface area contributed by atoms with Gasteiger partial charge in [0.1, 0.15) is 28.8 Å². The Morgan fingerprint density at radius 2 is 1.58 bits per heavy atom. The third-order valence-electron chi connectivity index (χ3n) is 5.84. The molecule has 0 saturated heterocycles. The van der Waals surface area contributed by atoms with Crippen LogP contribution in [0.1, 0.15) is 77.2 Å². The maximum absolute atomic E-state index is 12.3. The maximum atomic E-state index is 12.3. The van der Waals surface area contributed by atoms with Gasteiger partial charge in [-0.2, -0.15) is 0 Å². The van der Waals surface area contributed by atoms with E-state index in [9.17, 15) is 19.5 Å². The summed E-state index contributed by atoms with van der Waals surface area (Å²) < 4.78 is 16.5. The van der Waals surface area contributed by atoms with E-state index in [1.54, 1.807) is 59.8 Å². The van der Waals surface area contributed by atoms with E-state index >= 15 is 0 Å². The summed E-state index contributed by atoms with van der Waals surface area (Å²) in [6.45, 7) is 11.1. The number of unbranched alkanes of at least 4 members (excludes halogenated alkanes) is 1. The molecule has 232 valence electrons. The van der Waals surface area contributed by atoms with Crippen LogP contribution in [0.5, 0.6) is 11.5 Å². The number of phenolic OH excluding ortho intramolecular Hbond substituents is 1. The largest absolute Gasteiger partial charge is 0.508 e. The number of guanidine groups is 1. The molecule has 4 N–H and O–H groups in total. The molecule has 1 aliphatic rings. The van der Waals surface area contributed by atoms with Crippen molar-refractivity contribution < 1.29 is 33.7 Å². The van der Waals surface area contributed by atoms with Gasteiger partial charge in [-0.15, -0.1) is 0 Å². The summed E-state index contributed by atoms with van der Waals surface area (Å²) in [6, 6.07) is 12.8. The number of alkyl carbamates (subject to hydrolysis) is 2. The number of phenols is 1. The van der Waals surface area contributed by atoms with Crippen molar-refractivity contribution in [2.75, 3.05) is 13.1 Å². The Morgan fingerprint density at radius 3 is 2.19 bits per heavy atom. The second kappa shape index (κ2) is 14.6. The average molecular weight is 595 g/mol. The van der Waals surface area contributed by atoms with Crippen LogP contribution in [0.4, 0.5) is 9.59 Å². The van der Waals surface area contributed by atoms with E-state index in [2.05, 4.69) is 20.9 Å². The minimum atomic E-state index is -0.755. The molecule has 0 unspecified atom stereocenters. The van der Waals surface area contributed by atoms with Crippen LogP contribution in [0.15, 0.2) is 53.5 Å². The summed E-state index contributed by atoms with van der Waals surface area (Å²) in [4.78, 5) is 40.9. The second-order valence-electron chi connectivity index (χ2n) is 12.1. The van der Waals surface area contributed by atoms with E-state index in [1.165, 1.54) is 6.08 Å². The molecule has 3 amide bonds. The SMILES string of the molecule is CC(C)(C)OC(=O)NC(=NCCCCNC(=O)/C=C/c1ccc2c(c1)C[C@H](c1ccc(O)cc1)O2)NC(=O)OC(C)(C)C. The van der Waals surface area contributed by atoms with E-state index in [0.717, 1.165) is 22.4 Å². The molecule has 0 spiro atoms. The van der Waals surface area contributed by atoms with Crippen LogP contribution in [0.2, 0.25) is 0 Å². The fourth-order valence-electron chi connectivity index (χ4n) is 4.03. The highest BCUT2D eigenvalue weighted by atomic mass is 16.6. The lowest BCUT2D eigenvalue weighted by atomic mass is 10.0. The van der Waals surface area contributed by atoms with E-state index in [4.69, 9.17) is 14.2 Å². The zero-order valence-corrected chi connectivity index (χ0v) is 25.7. The lowest BCUT2D eigenvalue weighted by molar-refractivity contribution is -0.116. The van der Waals surface area contributed by atoms with Gasteiger partial charge < -0.3 is 24.6 Å². The van der Waals surface area contributed by atoms with Gasteiger partial charge in [-0.1, -0.05) is 18.2 Å². The molecule has 1 heterocycles. The molecule has 3 rings (SSSR count). The van der Waals surface area contributed by atoms with Crippen molar-refractivity contribution in [3.63, 3.8) is 0 Å². The molecule has 0 radical (unpaired) electrons. The van der Waals surface area contributed by atoms with Crippen molar-refractivity contribution >= 4 is 30.1 Å². The van der Waals surface area contributed by atoms with Crippen LogP contribution < -0.4 is 20.7 Å². The van der Waals surface area contributed by atoms with E-state index in [1.807, 2.05) is 30.3 Å². The Kier molecular flexibility index (Phi) is 11.2. The van der Waals surface area contributed by atoms with Crippen molar-refractivity contribution in [3.05, 3.63) is 65.2 Å². The average Bonchev–Trinajstić information content (AvgIpc) is 3.31. The summed E-state index contributed by atoms with van der Waals surface area (Å²) in [5, 5.41) is 17.2. The number of hydrogen-bond donors (Lipinski definition) is 4. The van der Waals surface area contributed by atoms with E-state index < -0.39 is 23.4 Å². The molecule has 0 fully saturated rings. The summed E-state index contributed by atoms with van der Waals surface area (Å²) in [5.74, 6) is 0.728. The number of hydrogen-bond acceptors (Lipinski definition) is 8. The van der Waals surface area contributed by atoms with Crippen molar-refractivity contribution in [2.45, 2.75) is 78.1 Å². The standard InChI is InChI=1S/C32H42N4O7/c1-31(2,3)42-29(39)35-28(36-30(40)43-32(4,5)6)34-18-8-7-17-33-27(38)16-10-21-9-15-25-23(19-21)20-26(41-25)22-11-13-24(37)14-12-22/h9-16,19,26,37H,7-8,17-18,20H2,1-6H3,(H,33,38)(H2,34,35,36,39,40)/b16-10+/t26-/m1/s1. The highest BCUT2D eigenvalue weighted by Crippen LogP contribution is 2.37. The van der Waals surface area contributed by atoms with Crippen LogP contribution >= 0.6 is 0 Å². The lowest BCUT2D eigenvalue weighted by Gasteiger charge is -2.22. The quantitative estimate of drug-likeness (QED) is 0.139. The Labute approximate surface area is 252 Å². The predicted molar refractivity (Wildman–Crippen MR) is 164 cm³/mol. The number of aromatic hydroxyl groups is 1. The smallest absolute Gasteiger partial charge is 0.414 e. The molecule has 2 aromatic carbocycles. The van der Waals surface area contributed by atoms with Crippen molar-refractivity contribution in [1.82, 2.24) is 16.0 Å². The van der Waals surface area contributed by atoms with Gasteiger partial charge in [-0.05, 0) is 101 Å². The zero-order chi connectivity index (χ0) is 31.6. The highest BCUT2D eigenvalue weighted by Gasteiger charge is 2.24. The number of ether oxygens (including phenoxy) is 3. The fraction of sp³-hybridized carbons (Fsp3) is 0.438. The van der Waals surface area contributed by atoms with Gasteiger partial charge in [-0.3, -0.25) is 20.4 Å². The number of nitrogens with zero attached hydrogens (tertiary/aromatic N) is 1. The molecule has 2 aromatic rings. The fourth-order valence-corrected chi connectivity index (χ4v) is 4.03. The lowest BCUT2D eigenvalue weighted by Crippen LogP contribution is -2.47. The van der Waals surface area contributed by atoms with Crippen LogP contribution in [-0.2, 0) is 20.7 Å². The first-order valence-electron chi connectivity index (χ1n) is 14.3. The van der Waals surface area contributed by atoms with Gasteiger partial charge in [0.15, 0.2) is 0 Å². The van der Waals surface area contributed by atoms with Crippen LogP contribution in [0, 0.1) is 0 Å². The summed E-state index contributed by atoms with van der Waals surface area (Å²) in [5.41, 5.74) is 1.50. The zero-order valence-electron chi connectivity index (χ0n) is 25.7. The Hall–Kier alpha value is -4.54.